The summed E-state index contributed by atoms with van der Waals surface area (Å²) in [7, 11) is 0. The number of ketones is 1. The zero-order chi connectivity index (χ0) is 16.9. The number of pyridine rings is 1. The van der Waals surface area contributed by atoms with Gasteiger partial charge in [0.25, 0.3) is 5.56 Å². The molecule has 0 saturated carbocycles. The average Bonchev–Trinajstić information content (AvgIpc) is 2.51. The molecule has 1 aliphatic rings. The van der Waals surface area contributed by atoms with Gasteiger partial charge < -0.3 is 9.67 Å². The first-order valence-corrected chi connectivity index (χ1v) is 7.90. The van der Waals surface area contributed by atoms with Crippen LogP contribution in [0.1, 0.15) is 35.8 Å². The quantitative estimate of drug-likeness (QED) is 0.857. The molecule has 120 valence electrons. The van der Waals surface area contributed by atoms with Gasteiger partial charge in [-0.15, -0.1) is 0 Å². The van der Waals surface area contributed by atoms with Gasteiger partial charge in [-0.1, -0.05) is 29.3 Å². The molecule has 2 aromatic rings. The van der Waals surface area contributed by atoms with Gasteiger partial charge in [-0.3, -0.25) is 9.59 Å². The van der Waals surface area contributed by atoms with E-state index in [-0.39, 0.29) is 21.4 Å². The van der Waals surface area contributed by atoms with E-state index in [1.54, 1.807) is 44.3 Å². The standard InChI is InChI=1S/C17H15Cl2NO3/c1-17(2)15(22)9-6-7-10(18)13(19)12(9)14(16(17)23)20-8-4-3-5-11(20)21/h3-8,14,16,23H,1-2H3/t14-,16+/m1/s1. The number of aliphatic hydroxyl groups is 1. The van der Waals surface area contributed by atoms with Gasteiger partial charge in [0.2, 0.25) is 0 Å². The number of carbonyl (C=O) groups excluding carboxylic acids is 1. The van der Waals surface area contributed by atoms with Crippen LogP contribution in [-0.4, -0.2) is 21.6 Å². The van der Waals surface area contributed by atoms with E-state index in [4.69, 9.17) is 23.2 Å². The molecule has 1 aromatic heterocycles. The summed E-state index contributed by atoms with van der Waals surface area (Å²) >= 11 is 12.4. The van der Waals surface area contributed by atoms with Crippen molar-refractivity contribution in [1.82, 2.24) is 4.57 Å². The first-order valence-electron chi connectivity index (χ1n) is 7.14. The number of aliphatic hydroxyl groups excluding tert-OH is 1. The fraction of sp³-hybridized carbons (Fsp3) is 0.294. The van der Waals surface area contributed by atoms with Crippen LogP contribution in [0, 0.1) is 5.41 Å². The van der Waals surface area contributed by atoms with E-state index in [9.17, 15) is 14.7 Å². The Morgan fingerprint density at radius 3 is 2.48 bits per heavy atom. The van der Waals surface area contributed by atoms with E-state index in [1.807, 2.05) is 0 Å². The molecule has 6 heteroatoms. The second-order valence-corrected chi connectivity index (χ2v) is 6.99. The van der Waals surface area contributed by atoms with Gasteiger partial charge in [-0.05, 0) is 32.0 Å². The topological polar surface area (TPSA) is 59.3 Å². The monoisotopic (exact) mass is 351 g/mol. The molecular weight excluding hydrogens is 337 g/mol. The SMILES string of the molecule is CC1(C)C(=O)c2ccc(Cl)c(Cl)c2[C@@H](n2ccccc2=O)[C@@H]1O. The summed E-state index contributed by atoms with van der Waals surface area (Å²) in [6.07, 6.45) is 0.460. The molecule has 1 N–H and O–H groups in total. The number of benzene rings is 1. The van der Waals surface area contributed by atoms with Crippen molar-refractivity contribution in [2.24, 2.45) is 5.41 Å². The molecule has 0 amide bonds. The van der Waals surface area contributed by atoms with Crippen LogP contribution in [0.25, 0.3) is 0 Å². The summed E-state index contributed by atoms with van der Waals surface area (Å²) < 4.78 is 1.39. The highest BCUT2D eigenvalue weighted by atomic mass is 35.5. The largest absolute Gasteiger partial charge is 0.390 e. The van der Waals surface area contributed by atoms with E-state index in [2.05, 4.69) is 0 Å². The first kappa shape index (κ1) is 16.2. The van der Waals surface area contributed by atoms with Gasteiger partial charge in [0.05, 0.1) is 27.6 Å². The number of fused-ring (bicyclic) bond motifs is 1. The number of halogens is 2. The minimum Gasteiger partial charge on any atom is -0.390 e. The number of rotatable bonds is 1. The molecule has 0 bridgehead atoms. The molecule has 0 radical (unpaired) electrons. The van der Waals surface area contributed by atoms with Gasteiger partial charge in [-0.25, -0.2) is 0 Å². The molecule has 3 rings (SSSR count). The predicted molar refractivity (Wildman–Crippen MR) is 89.4 cm³/mol. The van der Waals surface area contributed by atoms with Crippen LogP contribution in [-0.2, 0) is 0 Å². The summed E-state index contributed by atoms with van der Waals surface area (Å²) in [4.78, 5) is 25.0. The Hall–Kier alpha value is -1.62. The van der Waals surface area contributed by atoms with Crippen LogP contribution >= 0.6 is 23.2 Å². The third kappa shape index (κ3) is 2.33. The average molecular weight is 352 g/mol. The lowest BCUT2D eigenvalue weighted by Crippen LogP contribution is -2.49. The van der Waals surface area contributed by atoms with Gasteiger partial charge in [0.1, 0.15) is 0 Å². The van der Waals surface area contributed by atoms with E-state index in [0.717, 1.165) is 0 Å². The van der Waals surface area contributed by atoms with Gasteiger partial charge in [-0.2, -0.15) is 0 Å². The molecule has 1 aliphatic carbocycles. The Labute approximate surface area is 143 Å². The maximum Gasteiger partial charge on any atom is 0.251 e. The molecule has 2 atom stereocenters. The molecule has 0 saturated heterocycles. The summed E-state index contributed by atoms with van der Waals surface area (Å²) in [6.45, 7) is 3.32. The third-order valence-electron chi connectivity index (χ3n) is 4.45. The molecule has 23 heavy (non-hydrogen) atoms. The predicted octanol–water partition coefficient (Wildman–Crippen LogP) is 3.33. The molecule has 0 aliphatic heterocycles. The number of hydrogen-bond acceptors (Lipinski definition) is 3. The van der Waals surface area contributed by atoms with Crippen LogP contribution in [0.5, 0.6) is 0 Å². The van der Waals surface area contributed by atoms with Crippen molar-refractivity contribution in [1.29, 1.82) is 0 Å². The van der Waals surface area contributed by atoms with Crippen molar-refractivity contribution < 1.29 is 9.90 Å². The van der Waals surface area contributed by atoms with Crippen molar-refractivity contribution >= 4 is 29.0 Å². The number of carbonyl (C=O) groups is 1. The van der Waals surface area contributed by atoms with E-state index >= 15 is 0 Å². The maximum atomic E-state index is 12.7. The molecule has 0 spiro atoms. The fourth-order valence-corrected chi connectivity index (χ4v) is 3.49. The number of nitrogens with zero attached hydrogens (tertiary/aromatic N) is 1. The van der Waals surface area contributed by atoms with Crippen LogP contribution in [0.3, 0.4) is 0 Å². The Morgan fingerprint density at radius 2 is 1.83 bits per heavy atom. The lowest BCUT2D eigenvalue weighted by Gasteiger charge is -2.41. The molecule has 0 fully saturated rings. The van der Waals surface area contributed by atoms with Crippen molar-refractivity contribution in [3.63, 3.8) is 0 Å². The van der Waals surface area contributed by atoms with Crippen LogP contribution in [0.4, 0.5) is 0 Å². The second-order valence-electron chi connectivity index (χ2n) is 6.21. The zero-order valence-electron chi connectivity index (χ0n) is 12.6. The van der Waals surface area contributed by atoms with Crippen LogP contribution in [0.15, 0.2) is 41.3 Å². The normalized spacial score (nSPS) is 22.7. The summed E-state index contributed by atoms with van der Waals surface area (Å²) in [5, 5.41) is 11.3. The van der Waals surface area contributed by atoms with E-state index in [0.29, 0.717) is 11.1 Å². The van der Waals surface area contributed by atoms with Crippen molar-refractivity contribution in [3.8, 4) is 0 Å². The maximum absolute atomic E-state index is 12.7. The highest BCUT2D eigenvalue weighted by Crippen LogP contribution is 2.46. The second kappa shape index (κ2) is 5.48. The molecule has 1 aromatic carbocycles. The van der Waals surface area contributed by atoms with Crippen molar-refractivity contribution in [2.45, 2.75) is 26.0 Å². The van der Waals surface area contributed by atoms with E-state index < -0.39 is 17.6 Å². The third-order valence-corrected chi connectivity index (χ3v) is 5.27. The number of aromatic nitrogens is 1. The fourth-order valence-electron chi connectivity index (χ4n) is 3.05. The van der Waals surface area contributed by atoms with E-state index in [1.165, 1.54) is 10.6 Å². The van der Waals surface area contributed by atoms with Gasteiger partial charge in [0, 0.05) is 23.4 Å². The number of hydrogen-bond donors (Lipinski definition) is 1. The minimum atomic E-state index is -1.11. The zero-order valence-corrected chi connectivity index (χ0v) is 14.1. The molecule has 4 nitrogen and oxygen atoms in total. The van der Waals surface area contributed by atoms with Crippen LogP contribution in [0.2, 0.25) is 10.0 Å². The minimum absolute atomic E-state index is 0.188. The van der Waals surface area contributed by atoms with Crippen molar-refractivity contribution in [2.75, 3.05) is 0 Å². The lowest BCUT2D eigenvalue weighted by atomic mass is 9.68. The first-order chi connectivity index (χ1) is 10.8. The highest BCUT2D eigenvalue weighted by Gasteiger charge is 2.49. The number of Topliss-reactive ketones (excluding diaryl/α,β-unsaturated/α-hetero) is 1. The van der Waals surface area contributed by atoms with Gasteiger partial charge >= 0.3 is 0 Å². The Balaban J connectivity index is 2.38. The highest BCUT2D eigenvalue weighted by molar-refractivity contribution is 6.43. The summed E-state index contributed by atoms with van der Waals surface area (Å²) in [5.74, 6) is -0.223. The Morgan fingerprint density at radius 1 is 1.13 bits per heavy atom. The van der Waals surface area contributed by atoms with Crippen LogP contribution < -0.4 is 5.56 Å². The Bertz CT molecular complexity index is 857. The molecule has 0 unspecified atom stereocenters. The molecule has 1 heterocycles. The van der Waals surface area contributed by atoms with Gasteiger partial charge in [0.15, 0.2) is 5.78 Å². The van der Waals surface area contributed by atoms with Crippen molar-refractivity contribution in [3.05, 3.63) is 68.1 Å². The smallest absolute Gasteiger partial charge is 0.251 e. The molecular formula is C17H15Cl2NO3. The summed E-state index contributed by atoms with van der Waals surface area (Å²) in [6, 6.07) is 7.08. The lowest BCUT2D eigenvalue weighted by molar-refractivity contribution is 0.0134. The summed E-state index contributed by atoms with van der Waals surface area (Å²) in [5.41, 5.74) is -0.562. The Kier molecular flexibility index (Phi) is 3.87.